The zero-order valence-electron chi connectivity index (χ0n) is 14.1. The van der Waals surface area contributed by atoms with Gasteiger partial charge in [0.25, 0.3) is 0 Å². The Morgan fingerprint density at radius 3 is 1.03 bits per heavy atom. The summed E-state index contributed by atoms with van der Waals surface area (Å²) >= 11 is 0. The van der Waals surface area contributed by atoms with Gasteiger partial charge < -0.3 is 0 Å². The van der Waals surface area contributed by atoms with Crippen LogP contribution in [-0.2, 0) is 6.42 Å². The van der Waals surface area contributed by atoms with E-state index >= 15 is 0 Å². The van der Waals surface area contributed by atoms with Gasteiger partial charge in [0.2, 0.25) is 11.9 Å². The average Bonchev–Trinajstić information content (AvgIpc) is 3.13. The third-order valence-electron chi connectivity index (χ3n) is 4.68. The van der Waals surface area contributed by atoms with Crippen LogP contribution in [0.5, 0.6) is 0 Å². The molecule has 0 aliphatic heterocycles. The number of hydrogen-bond acceptors (Lipinski definition) is 0. The van der Waals surface area contributed by atoms with Gasteiger partial charge in [0.15, 0.2) is 46.5 Å². The Labute approximate surface area is 161 Å². The molecule has 2 aromatic carbocycles. The number of benzene rings is 2. The minimum atomic E-state index is -2.52. The van der Waals surface area contributed by atoms with E-state index in [1.165, 1.54) is 0 Å². The van der Waals surface area contributed by atoms with E-state index in [0.29, 0.717) is 0 Å². The highest BCUT2D eigenvalue weighted by atomic mass is 19.2. The zero-order chi connectivity index (χ0) is 23.1. The second-order valence-corrected chi connectivity index (χ2v) is 6.24. The smallest absolute Gasteiger partial charge is 0.203 e. The molecule has 0 amide bonds. The molecule has 0 bridgehead atoms. The van der Waals surface area contributed by atoms with Crippen LogP contribution in [0.3, 0.4) is 0 Å². The van der Waals surface area contributed by atoms with Crippen molar-refractivity contribution in [3.05, 3.63) is 69.6 Å². The predicted molar refractivity (Wildman–Crippen MR) is 79.3 cm³/mol. The molecule has 2 heterocycles. The Kier molecular flexibility index (Phi) is 4.45. The van der Waals surface area contributed by atoms with Crippen LogP contribution in [0, 0.1) is 58.4 Å². The van der Waals surface area contributed by atoms with Gasteiger partial charge in [-0.05, 0) is 0 Å². The first-order valence-electron chi connectivity index (χ1n) is 7.83. The molecule has 0 saturated heterocycles. The summed E-state index contributed by atoms with van der Waals surface area (Å²) in [4.78, 5) is -2.56. The number of hydrogen-bond donors (Lipinski definition) is 0. The van der Waals surface area contributed by atoms with Crippen LogP contribution in [0.2, 0.25) is 0 Å². The molecule has 0 radical (unpaired) electrons. The fourth-order valence-electron chi connectivity index (χ4n) is 3.30. The second kappa shape index (κ2) is 6.59. The van der Waals surface area contributed by atoms with E-state index in [1.807, 2.05) is 0 Å². The summed E-state index contributed by atoms with van der Waals surface area (Å²) in [6, 6.07) is 0. The van der Waals surface area contributed by atoms with E-state index in [9.17, 15) is 52.9 Å². The summed E-state index contributed by atoms with van der Waals surface area (Å²) in [6.45, 7) is 0. The minimum Gasteiger partial charge on any atom is -0.203 e. The number of nitrogens with zero attached hydrogens (tertiary/aromatic N) is 2. The molecule has 0 aliphatic carbocycles. The average molecular weight is 462 g/mol. The maximum absolute atomic E-state index is 14.3. The van der Waals surface area contributed by atoms with Crippen LogP contribution < -0.4 is 0 Å². The van der Waals surface area contributed by atoms with Gasteiger partial charge in [-0.3, -0.25) is 0 Å². The molecule has 2 aromatic heterocycles. The van der Waals surface area contributed by atoms with E-state index in [0.717, 1.165) is 0 Å². The summed E-state index contributed by atoms with van der Waals surface area (Å²) in [5.74, 6) is -24.1. The maximum atomic E-state index is 14.3. The van der Waals surface area contributed by atoms with Gasteiger partial charge in [-0.2, -0.15) is 8.78 Å². The molecule has 164 valence electrons. The molecule has 0 atom stereocenters. The summed E-state index contributed by atoms with van der Waals surface area (Å²) < 4.78 is 166. The van der Waals surface area contributed by atoms with Crippen LogP contribution in [0.4, 0.5) is 52.9 Å². The summed E-state index contributed by atoms with van der Waals surface area (Å²) in [5.41, 5.74) is -6.58. The Balaban J connectivity index is 2.11. The van der Waals surface area contributed by atoms with Crippen LogP contribution in [-0.4, -0.2) is 9.58 Å². The molecule has 0 unspecified atom stereocenters. The number of fused-ring (bicyclic) bond motifs is 2. The number of aromatic nitrogens is 2. The molecule has 0 spiro atoms. The molecular weight excluding hydrogens is 460 g/mol. The molecule has 4 rings (SSSR count). The third kappa shape index (κ3) is 2.50. The first-order valence-corrected chi connectivity index (χ1v) is 7.83. The fourth-order valence-corrected chi connectivity index (χ4v) is 3.30. The van der Waals surface area contributed by atoms with Gasteiger partial charge >= 0.3 is 0 Å². The molecule has 31 heavy (non-hydrogen) atoms. The van der Waals surface area contributed by atoms with Gasteiger partial charge in [-0.25, -0.2) is 35.1 Å². The molecule has 0 fully saturated rings. The lowest BCUT2D eigenvalue weighted by molar-refractivity contribution is 0.302. The largest absolute Gasteiger partial charge is 0.227 e. The lowest BCUT2D eigenvalue weighted by Crippen LogP contribution is -2.01. The summed E-state index contributed by atoms with van der Waals surface area (Å²) in [5, 5.41) is -3.22. The highest BCUT2D eigenvalue weighted by Crippen LogP contribution is 2.38. The van der Waals surface area contributed by atoms with E-state index in [4.69, 9.17) is 0 Å². The van der Waals surface area contributed by atoms with Crippen molar-refractivity contribution >= 4 is 21.8 Å². The first kappa shape index (κ1) is 20.9. The molecule has 0 aliphatic rings. The Hall–Kier alpha value is -3.32. The van der Waals surface area contributed by atoms with Gasteiger partial charge in [-0.15, -0.1) is 9.58 Å². The lowest BCUT2D eigenvalue weighted by Gasteiger charge is -2.04. The van der Waals surface area contributed by atoms with Crippen LogP contribution in [0.15, 0.2) is 0 Å². The second-order valence-electron chi connectivity index (χ2n) is 6.24. The van der Waals surface area contributed by atoms with E-state index < -0.39 is 107 Å². The number of halogens is 12. The predicted octanol–water partition coefficient (Wildman–Crippen LogP) is 6.04. The van der Waals surface area contributed by atoms with Crippen LogP contribution in [0.25, 0.3) is 21.8 Å². The third-order valence-corrected chi connectivity index (χ3v) is 4.68. The monoisotopic (exact) mass is 462 g/mol. The van der Waals surface area contributed by atoms with E-state index in [1.54, 1.807) is 0 Å². The normalized spacial score (nSPS) is 12.0. The van der Waals surface area contributed by atoms with Crippen LogP contribution >= 0.6 is 0 Å². The van der Waals surface area contributed by atoms with E-state index in [-0.39, 0.29) is 0 Å². The zero-order valence-corrected chi connectivity index (χ0v) is 14.1. The van der Waals surface area contributed by atoms with Crippen molar-refractivity contribution in [2.45, 2.75) is 6.42 Å². The molecule has 0 N–H and O–H groups in total. The van der Waals surface area contributed by atoms with E-state index in [2.05, 4.69) is 0 Å². The van der Waals surface area contributed by atoms with Crippen molar-refractivity contribution in [3.8, 4) is 0 Å². The van der Waals surface area contributed by atoms with Crippen molar-refractivity contribution in [1.82, 2.24) is 9.58 Å². The highest BCUT2D eigenvalue weighted by molar-refractivity contribution is 5.89. The Bertz CT molecular complexity index is 1320. The molecule has 0 saturated carbocycles. The first-order chi connectivity index (χ1) is 14.4. The minimum absolute atomic E-state index is 1.28. The topological polar surface area (TPSA) is 9.86 Å². The fraction of sp³-hybridized carbons (Fsp3) is 0.0588. The van der Waals surface area contributed by atoms with Crippen molar-refractivity contribution < 1.29 is 52.9 Å². The summed E-state index contributed by atoms with van der Waals surface area (Å²) in [7, 11) is 0. The molecule has 2 nitrogen and oxygen atoms in total. The summed E-state index contributed by atoms with van der Waals surface area (Å²) in [6.07, 6.45) is -1.64. The van der Waals surface area contributed by atoms with Crippen LogP contribution in [0.1, 0.15) is 11.1 Å². The maximum Gasteiger partial charge on any atom is 0.227 e. The molecular formula is C17H2F12N2. The van der Waals surface area contributed by atoms with Gasteiger partial charge in [0.1, 0.15) is 11.0 Å². The van der Waals surface area contributed by atoms with Gasteiger partial charge in [0.05, 0.1) is 10.8 Å². The van der Waals surface area contributed by atoms with Gasteiger partial charge in [-0.1, -0.05) is 8.96 Å². The SMILES string of the molecule is Fc1c(F)c(F)c2c(c1F)c(Cc1c(F)n(F)c3c(F)c(F)c(F)c(F)c13)c(F)n2F. The molecule has 4 aromatic rings. The number of rotatable bonds is 2. The molecule has 14 heteroatoms. The Morgan fingerprint density at radius 2 is 0.710 bits per heavy atom. The van der Waals surface area contributed by atoms with Crippen molar-refractivity contribution in [2.75, 3.05) is 0 Å². The van der Waals surface area contributed by atoms with Crippen molar-refractivity contribution in [1.29, 1.82) is 0 Å². The standard InChI is InChI=1S/C17H2F12N2/c18-6-4-2(16(26)30(28)14(4)12(24)10(22)8(6)20)1-3-5-7(19)9(21)11(23)13(25)15(5)31(29)17(3)27/h1H2. The Morgan fingerprint density at radius 1 is 0.419 bits per heavy atom. The lowest BCUT2D eigenvalue weighted by atomic mass is 10.0. The van der Waals surface area contributed by atoms with Crippen molar-refractivity contribution in [2.24, 2.45) is 0 Å². The van der Waals surface area contributed by atoms with Gasteiger partial charge in [0, 0.05) is 17.5 Å². The van der Waals surface area contributed by atoms with Crippen molar-refractivity contribution in [3.63, 3.8) is 0 Å². The highest BCUT2D eigenvalue weighted by Gasteiger charge is 2.34. The quantitative estimate of drug-likeness (QED) is 0.195.